The summed E-state index contributed by atoms with van der Waals surface area (Å²) in [6, 6.07) is 15.7. The number of carbonyl (C=O) groups excluding carboxylic acids is 2. The molecule has 1 heterocycles. The maximum absolute atomic E-state index is 12.3. The molecule has 0 aliphatic carbocycles. The third-order valence-electron chi connectivity index (χ3n) is 3.88. The number of amides is 2. The molecule has 0 aliphatic heterocycles. The molecule has 2 aromatic carbocycles. The number of aryl methyl sites for hydroxylation is 1. The molecular formula is C20H20N4O2S. The zero-order valence-corrected chi connectivity index (χ0v) is 15.9. The number of hydrogen-bond donors (Lipinski definition) is 2. The van der Waals surface area contributed by atoms with E-state index >= 15 is 0 Å². The van der Waals surface area contributed by atoms with E-state index in [-0.39, 0.29) is 11.8 Å². The Morgan fingerprint density at radius 2 is 1.78 bits per heavy atom. The Bertz CT molecular complexity index is 923. The van der Waals surface area contributed by atoms with E-state index in [1.807, 2.05) is 48.1 Å². The molecule has 27 heavy (non-hydrogen) atoms. The lowest BCUT2D eigenvalue weighted by atomic mass is 10.2. The lowest BCUT2D eigenvalue weighted by Crippen LogP contribution is -2.41. The Balaban J connectivity index is 1.55. The van der Waals surface area contributed by atoms with Gasteiger partial charge in [-0.05, 0) is 43.3 Å². The van der Waals surface area contributed by atoms with Crippen molar-refractivity contribution in [3.05, 3.63) is 72.6 Å². The minimum Gasteiger partial charge on any atom is -0.341 e. The van der Waals surface area contributed by atoms with Gasteiger partial charge in [-0.3, -0.25) is 9.59 Å². The second-order valence-electron chi connectivity index (χ2n) is 6.00. The molecule has 0 aliphatic rings. The first-order valence-corrected chi connectivity index (χ1v) is 9.26. The van der Waals surface area contributed by atoms with Gasteiger partial charge in [-0.15, -0.1) is 0 Å². The maximum Gasteiger partial charge on any atom is 0.251 e. The van der Waals surface area contributed by atoms with Gasteiger partial charge in [0.2, 0.25) is 5.91 Å². The van der Waals surface area contributed by atoms with Gasteiger partial charge in [-0.25, -0.2) is 4.98 Å². The molecule has 1 unspecified atom stereocenters. The van der Waals surface area contributed by atoms with Crippen LogP contribution < -0.4 is 10.6 Å². The third-order valence-corrected chi connectivity index (χ3v) is 4.97. The summed E-state index contributed by atoms with van der Waals surface area (Å²) >= 11 is 1.54. The molecule has 2 N–H and O–H groups in total. The molecule has 2 amide bonds. The smallest absolute Gasteiger partial charge is 0.251 e. The fourth-order valence-electron chi connectivity index (χ4n) is 2.35. The molecule has 3 rings (SSSR count). The van der Waals surface area contributed by atoms with Gasteiger partial charge in [0.15, 0.2) is 5.16 Å². The molecule has 0 saturated heterocycles. The predicted molar refractivity (Wildman–Crippen MR) is 106 cm³/mol. The van der Waals surface area contributed by atoms with Crippen molar-refractivity contribution in [2.75, 3.05) is 5.32 Å². The Kier molecular flexibility index (Phi) is 5.93. The van der Waals surface area contributed by atoms with Gasteiger partial charge in [0, 0.05) is 35.6 Å². The summed E-state index contributed by atoms with van der Waals surface area (Å²) < 4.78 is 1.94. The molecule has 0 fully saturated rings. The van der Waals surface area contributed by atoms with E-state index in [1.165, 1.54) is 0 Å². The van der Waals surface area contributed by atoms with Gasteiger partial charge < -0.3 is 15.2 Å². The summed E-state index contributed by atoms with van der Waals surface area (Å²) in [4.78, 5) is 29.7. The van der Waals surface area contributed by atoms with E-state index in [9.17, 15) is 9.59 Å². The lowest BCUT2D eigenvalue weighted by molar-refractivity contribution is -0.117. The zero-order valence-electron chi connectivity index (χ0n) is 15.0. The number of rotatable bonds is 6. The number of imidazole rings is 1. The Hall–Kier alpha value is -3.06. The summed E-state index contributed by atoms with van der Waals surface area (Å²) in [5, 5.41) is 6.40. The second kappa shape index (κ2) is 8.55. The van der Waals surface area contributed by atoms with Crippen molar-refractivity contribution in [3.63, 3.8) is 0 Å². The number of nitrogens with one attached hydrogen (secondary N) is 2. The van der Waals surface area contributed by atoms with Crippen molar-refractivity contribution in [3.8, 4) is 0 Å². The highest BCUT2D eigenvalue weighted by atomic mass is 32.2. The van der Waals surface area contributed by atoms with Crippen LogP contribution in [0, 0.1) is 0 Å². The molecule has 0 spiro atoms. The highest BCUT2D eigenvalue weighted by Gasteiger charge is 2.16. The van der Waals surface area contributed by atoms with E-state index < -0.39 is 6.04 Å². The largest absolute Gasteiger partial charge is 0.341 e. The van der Waals surface area contributed by atoms with Gasteiger partial charge in [0.05, 0.1) is 0 Å². The minimum atomic E-state index is -0.653. The Morgan fingerprint density at radius 1 is 1.07 bits per heavy atom. The third kappa shape index (κ3) is 4.98. The Morgan fingerprint density at radius 3 is 2.41 bits per heavy atom. The molecule has 138 valence electrons. The molecule has 3 aromatic rings. The van der Waals surface area contributed by atoms with Crippen LogP contribution in [0.2, 0.25) is 0 Å². The van der Waals surface area contributed by atoms with Gasteiger partial charge in [0.25, 0.3) is 5.91 Å². The second-order valence-corrected chi connectivity index (χ2v) is 7.04. The van der Waals surface area contributed by atoms with Gasteiger partial charge in [0.1, 0.15) is 6.04 Å². The lowest BCUT2D eigenvalue weighted by Gasteiger charge is -2.14. The minimum absolute atomic E-state index is 0.274. The van der Waals surface area contributed by atoms with Crippen LogP contribution in [0.4, 0.5) is 5.69 Å². The summed E-state index contributed by atoms with van der Waals surface area (Å²) in [5.41, 5.74) is 1.19. The number of aromatic nitrogens is 2. The van der Waals surface area contributed by atoms with E-state index in [1.54, 1.807) is 49.1 Å². The number of carbonyl (C=O) groups is 2. The molecule has 6 nitrogen and oxygen atoms in total. The number of nitrogens with zero attached hydrogens (tertiary/aromatic N) is 2. The fraction of sp³-hybridized carbons (Fsp3) is 0.150. The van der Waals surface area contributed by atoms with Crippen LogP contribution in [0.3, 0.4) is 0 Å². The van der Waals surface area contributed by atoms with Crippen molar-refractivity contribution >= 4 is 29.3 Å². The highest BCUT2D eigenvalue weighted by Crippen LogP contribution is 2.26. The van der Waals surface area contributed by atoms with Crippen LogP contribution in [0.25, 0.3) is 0 Å². The van der Waals surface area contributed by atoms with Crippen molar-refractivity contribution in [1.29, 1.82) is 0 Å². The van der Waals surface area contributed by atoms with E-state index in [0.717, 1.165) is 10.1 Å². The van der Waals surface area contributed by atoms with Crippen molar-refractivity contribution < 1.29 is 9.59 Å². The summed E-state index contributed by atoms with van der Waals surface area (Å²) in [5.74, 6) is -0.552. The Labute approximate surface area is 162 Å². The first kappa shape index (κ1) is 18.7. The first-order chi connectivity index (χ1) is 13.0. The van der Waals surface area contributed by atoms with Crippen LogP contribution in [0.5, 0.6) is 0 Å². The topological polar surface area (TPSA) is 76.0 Å². The van der Waals surface area contributed by atoms with Crippen LogP contribution in [-0.4, -0.2) is 27.4 Å². The number of anilines is 1. The number of hydrogen-bond acceptors (Lipinski definition) is 4. The summed E-state index contributed by atoms with van der Waals surface area (Å²) in [6.45, 7) is 1.65. The zero-order chi connectivity index (χ0) is 19.2. The molecular weight excluding hydrogens is 360 g/mol. The van der Waals surface area contributed by atoms with Gasteiger partial charge in [-0.2, -0.15) is 0 Å². The van der Waals surface area contributed by atoms with Crippen LogP contribution in [-0.2, 0) is 11.8 Å². The SMILES string of the molecule is CC(NC(=O)c1ccccc1)C(=O)Nc1ccc(Sc2nccn2C)cc1. The van der Waals surface area contributed by atoms with Gasteiger partial charge >= 0.3 is 0 Å². The van der Waals surface area contributed by atoms with Gasteiger partial charge in [-0.1, -0.05) is 30.0 Å². The molecule has 7 heteroatoms. The average Bonchev–Trinajstić information content (AvgIpc) is 3.08. The molecule has 0 bridgehead atoms. The summed E-state index contributed by atoms with van der Waals surface area (Å²) in [6.07, 6.45) is 3.64. The summed E-state index contributed by atoms with van der Waals surface area (Å²) in [7, 11) is 1.94. The quantitative estimate of drug-likeness (QED) is 0.688. The standard InChI is InChI=1S/C20H20N4O2S/c1-14(22-19(26)15-6-4-3-5-7-15)18(25)23-16-8-10-17(11-9-16)27-20-21-12-13-24(20)2/h3-14H,1-2H3,(H,22,26)(H,23,25). The van der Waals surface area contributed by atoms with E-state index in [4.69, 9.17) is 0 Å². The molecule has 0 saturated carbocycles. The normalized spacial score (nSPS) is 11.6. The van der Waals surface area contributed by atoms with Crippen LogP contribution in [0.1, 0.15) is 17.3 Å². The first-order valence-electron chi connectivity index (χ1n) is 8.45. The fourth-order valence-corrected chi connectivity index (χ4v) is 3.15. The predicted octanol–water partition coefficient (Wildman–Crippen LogP) is 3.33. The average molecular weight is 380 g/mol. The van der Waals surface area contributed by atoms with Crippen LogP contribution >= 0.6 is 11.8 Å². The molecule has 1 aromatic heterocycles. The number of benzene rings is 2. The van der Waals surface area contributed by atoms with E-state index in [2.05, 4.69) is 15.6 Å². The highest BCUT2D eigenvalue weighted by molar-refractivity contribution is 7.99. The maximum atomic E-state index is 12.3. The van der Waals surface area contributed by atoms with Crippen molar-refractivity contribution in [2.24, 2.45) is 7.05 Å². The monoisotopic (exact) mass is 380 g/mol. The van der Waals surface area contributed by atoms with Crippen molar-refractivity contribution in [1.82, 2.24) is 14.9 Å². The van der Waals surface area contributed by atoms with Crippen molar-refractivity contribution in [2.45, 2.75) is 23.0 Å². The van der Waals surface area contributed by atoms with Crippen LogP contribution in [0.15, 0.2) is 77.0 Å². The van der Waals surface area contributed by atoms with E-state index in [0.29, 0.717) is 11.3 Å². The molecule has 1 atom stereocenters. The molecule has 0 radical (unpaired) electrons.